The molecule has 0 aliphatic carbocycles. The molecule has 0 saturated heterocycles. The molecule has 0 atom stereocenters. The Hall–Kier alpha value is -2.01. The first-order chi connectivity index (χ1) is 10.7. The molecule has 0 bridgehead atoms. The van der Waals surface area contributed by atoms with E-state index in [-0.39, 0.29) is 5.91 Å². The zero-order valence-electron chi connectivity index (χ0n) is 12.8. The van der Waals surface area contributed by atoms with Crippen molar-refractivity contribution in [3.05, 3.63) is 59.3 Å². The average molecular weight is 316 g/mol. The number of hydrogen-bond acceptors (Lipinski definition) is 4. The van der Waals surface area contributed by atoms with Crippen LogP contribution in [0.15, 0.2) is 42.6 Å². The molecule has 1 aromatic carbocycles. The maximum Gasteiger partial charge on any atom is 0.230 e. The number of hydrogen-bond donors (Lipinski definition) is 1. The van der Waals surface area contributed by atoms with Gasteiger partial charge < -0.3 is 10.1 Å². The summed E-state index contributed by atoms with van der Waals surface area (Å²) < 4.78 is 5.00. The number of pyridine rings is 1. The second-order valence-corrected chi connectivity index (χ2v) is 5.95. The minimum atomic E-state index is 0.0351. The van der Waals surface area contributed by atoms with Gasteiger partial charge in [0.1, 0.15) is 0 Å². The van der Waals surface area contributed by atoms with Gasteiger partial charge in [-0.25, -0.2) is 4.98 Å². The van der Waals surface area contributed by atoms with Crippen LogP contribution in [-0.2, 0) is 17.1 Å². The standard InChI is InChI=1S/C17H20N2O2S/c1-13-3-5-14(6-4-13)11-22-12-16(20)18-9-15-7-8-17(21-2)19-10-15/h3-8,10H,9,11-12H2,1-2H3,(H,18,20). The van der Waals surface area contributed by atoms with Crippen LogP contribution in [0.5, 0.6) is 5.88 Å². The molecule has 2 rings (SSSR count). The fourth-order valence-electron chi connectivity index (χ4n) is 1.83. The monoisotopic (exact) mass is 316 g/mol. The molecule has 1 N–H and O–H groups in total. The van der Waals surface area contributed by atoms with Crippen LogP contribution < -0.4 is 10.1 Å². The van der Waals surface area contributed by atoms with Gasteiger partial charge in [0.05, 0.1) is 12.9 Å². The smallest absolute Gasteiger partial charge is 0.230 e. The zero-order valence-corrected chi connectivity index (χ0v) is 13.7. The number of carbonyl (C=O) groups excluding carboxylic acids is 1. The molecular weight excluding hydrogens is 296 g/mol. The van der Waals surface area contributed by atoms with Gasteiger partial charge in [-0.1, -0.05) is 35.9 Å². The van der Waals surface area contributed by atoms with Crippen molar-refractivity contribution in [2.24, 2.45) is 0 Å². The van der Waals surface area contributed by atoms with Crippen LogP contribution in [0, 0.1) is 6.92 Å². The molecule has 2 aromatic rings. The number of nitrogens with zero attached hydrogens (tertiary/aromatic N) is 1. The van der Waals surface area contributed by atoms with Gasteiger partial charge in [-0.2, -0.15) is 0 Å². The fraction of sp³-hybridized carbons (Fsp3) is 0.294. The van der Waals surface area contributed by atoms with Crippen LogP contribution in [0.4, 0.5) is 0 Å². The lowest BCUT2D eigenvalue weighted by molar-refractivity contribution is -0.118. The number of rotatable bonds is 7. The van der Waals surface area contributed by atoms with Gasteiger partial charge in [-0.05, 0) is 18.1 Å². The lowest BCUT2D eigenvalue weighted by atomic mass is 10.2. The van der Waals surface area contributed by atoms with Gasteiger partial charge in [-0.15, -0.1) is 11.8 Å². The molecule has 1 heterocycles. The van der Waals surface area contributed by atoms with Crippen molar-refractivity contribution in [3.8, 4) is 5.88 Å². The van der Waals surface area contributed by atoms with Crippen molar-refractivity contribution >= 4 is 17.7 Å². The molecule has 5 heteroatoms. The van der Waals surface area contributed by atoms with Crippen molar-refractivity contribution in [2.45, 2.75) is 19.2 Å². The molecule has 0 unspecified atom stereocenters. The van der Waals surface area contributed by atoms with E-state index in [4.69, 9.17) is 4.74 Å². The quantitative estimate of drug-likeness (QED) is 0.853. The van der Waals surface area contributed by atoms with Crippen molar-refractivity contribution in [3.63, 3.8) is 0 Å². The van der Waals surface area contributed by atoms with Crippen LogP contribution in [0.1, 0.15) is 16.7 Å². The summed E-state index contributed by atoms with van der Waals surface area (Å²) in [5, 5.41) is 2.89. The van der Waals surface area contributed by atoms with Gasteiger partial charge in [-0.3, -0.25) is 4.79 Å². The van der Waals surface area contributed by atoms with Crippen molar-refractivity contribution < 1.29 is 9.53 Å². The highest BCUT2D eigenvalue weighted by Crippen LogP contribution is 2.13. The molecule has 1 aromatic heterocycles. The van der Waals surface area contributed by atoms with E-state index in [0.717, 1.165) is 11.3 Å². The Morgan fingerprint density at radius 1 is 1.18 bits per heavy atom. The van der Waals surface area contributed by atoms with Crippen molar-refractivity contribution in [2.75, 3.05) is 12.9 Å². The summed E-state index contributed by atoms with van der Waals surface area (Å²) in [4.78, 5) is 15.9. The number of benzene rings is 1. The Morgan fingerprint density at radius 3 is 2.55 bits per heavy atom. The largest absolute Gasteiger partial charge is 0.481 e. The summed E-state index contributed by atoms with van der Waals surface area (Å²) in [6.45, 7) is 2.55. The normalized spacial score (nSPS) is 10.3. The van der Waals surface area contributed by atoms with Gasteiger partial charge >= 0.3 is 0 Å². The highest BCUT2D eigenvalue weighted by Gasteiger charge is 2.03. The number of aryl methyl sites for hydroxylation is 1. The maximum absolute atomic E-state index is 11.8. The van der Waals surface area contributed by atoms with Crippen molar-refractivity contribution in [1.29, 1.82) is 0 Å². The second kappa shape index (κ2) is 8.44. The lowest BCUT2D eigenvalue weighted by Crippen LogP contribution is -2.24. The third-order valence-corrected chi connectivity index (χ3v) is 4.12. The molecular formula is C17H20N2O2S. The van der Waals surface area contributed by atoms with E-state index in [1.165, 1.54) is 11.1 Å². The molecule has 22 heavy (non-hydrogen) atoms. The number of thioether (sulfide) groups is 1. The molecule has 0 saturated carbocycles. The SMILES string of the molecule is COc1ccc(CNC(=O)CSCc2ccc(C)cc2)cn1. The highest BCUT2D eigenvalue weighted by atomic mass is 32.2. The van der Waals surface area contributed by atoms with E-state index >= 15 is 0 Å². The van der Waals surface area contributed by atoms with Gasteiger partial charge in [0.2, 0.25) is 11.8 Å². The molecule has 0 aliphatic rings. The van der Waals surface area contributed by atoms with Gasteiger partial charge in [0.15, 0.2) is 0 Å². The summed E-state index contributed by atoms with van der Waals surface area (Å²) in [7, 11) is 1.58. The molecule has 4 nitrogen and oxygen atoms in total. The van der Waals surface area contributed by atoms with Crippen LogP contribution in [0.2, 0.25) is 0 Å². The second-order valence-electron chi connectivity index (χ2n) is 4.96. The minimum Gasteiger partial charge on any atom is -0.481 e. The van der Waals surface area contributed by atoms with Crippen LogP contribution in [0.25, 0.3) is 0 Å². The minimum absolute atomic E-state index is 0.0351. The first-order valence-corrected chi connectivity index (χ1v) is 8.22. The molecule has 0 aliphatic heterocycles. The van der Waals surface area contributed by atoms with E-state index in [9.17, 15) is 4.79 Å². The van der Waals surface area contributed by atoms with E-state index in [0.29, 0.717) is 18.2 Å². The molecule has 0 radical (unpaired) electrons. The number of nitrogens with one attached hydrogen (secondary N) is 1. The summed E-state index contributed by atoms with van der Waals surface area (Å²) in [5.74, 6) is 1.91. The van der Waals surface area contributed by atoms with Gasteiger partial charge in [0, 0.05) is 24.6 Å². The lowest BCUT2D eigenvalue weighted by Gasteiger charge is -2.06. The maximum atomic E-state index is 11.8. The van der Waals surface area contributed by atoms with E-state index < -0.39 is 0 Å². The Morgan fingerprint density at radius 2 is 1.91 bits per heavy atom. The zero-order chi connectivity index (χ0) is 15.8. The van der Waals surface area contributed by atoms with Crippen LogP contribution in [0.3, 0.4) is 0 Å². The van der Waals surface area contributed by atoms with E-state index in [2.05, 4.69) is 41.5 Å². The number of carbonyl (C=O) groups is 1. The Balaban J connectivity index is 1.68. The first kappa shape index (κ1) is 16.4. The fourth-order valence-corrected chi connectivity index (χ4v) is 2.65. The number of aromatic nitrogens is 1. The Labute approximate surface area is 135 Å². The highest BCUT2D eigenvalue weighted by molar-refractivity contribution is 7.99. The average Bonchev–Trinajstić information content (AvgIpc) is 2.55. The van der Waals surface area contributed by atoms with Crippen LogP contribution in [-0.4, -0.2) is 23.8 Å². The predicted octanol–water partition coefficient (Wildman–Crippen LogP) is 2.95. The third kappa shape index (κ3) is 5.41. The van der Waals surface area contributed by atoms with Crippen LogP contribution >= 0.6 is 11.8 Å². The number of ether oxygens (including phenoxy) is 1. The Bertz CT molecular complexity index is 597. The van der Waals surface area contributed by atoms with E-state index in [1.54, 1.807) is 31.1 Å². The molecule has 0 spiro atoms. The van der Waals surface area contributed by atoms with Crippen molar-refractivity contribution in [1.82, 2.24) is 10.3 Å². The summed E-state index contributed by atoms with van der Waals surface area (Å²) >= 11 is 1.61. The predicted molar refractivity (Wildman–Crippen MR) is 90.0 cm³/mol. The summed E-state index contributed by atoms with van der Waals surface area (Å²) in [5.41, 5.74) is 3.44. The summed E-state index contributed by atoms with van der Waals surface area (Å²) in [6.07, 6.45) is 1.71. The molecule has 116 valence electrons. The molecule has 1 amide bonds. The third-order valence-electron chi connectivity index (χ3n) is 3.12. The first-order valence-electron chi connectivity index (χ1n) is 7.06. The summed E-state index contributed by atoms with van der Waals surface area (Å²) in [6, 6.07) is 12.1. The Kier molecular flexibility index (Phi) is 6.27. The van der Waals surface area contributed by atoms with Gasteiger partial charge in [0.25, 0.3) is 0 Å². The number of methoxy groups -OCH3 is 1. The topological polar surface area (TPSA) is 51.2 Å². The molecule has 0 fully saturated rings. The van der Waals surface area contributed by atoms with E-state index in [1.807, 2.05) is 6.07 Å². The number of amides is 1.